The Morgan fingerprint density at radius 3 is 2.52 bits per heavy atom. The van der Waals surface area contributed by atoms with Crippen molar-refractivity contribution in [2.45, 2.75) is 26.8 Å². The molecule has 1 heterocycles. The van der Waals surface area contributed by atoms with E-state index in [0.717, 1.165) is 12.0 Å². The summed E-state index contributed by atoms with van der Waals surface area (Å²) in [6.07, 6.45) is 0.825. The number of nitrogens with two attached hydrogens (primary N) is 1. The molecule has 6 heteroatoms. The molecule has 0 aromatic heterocycles. The lowest BCUT2D eigenvalue weighted by molar-refractivity contribution is 0.325. The lowest BCUT2D eigenvalue weighted by Crippen LogP contribution is -2.43. The molecule has 1 atom stereocenters. The number of benzene rings is 1. The van der Waals surface area contributed by atoms with Crippen LogP contribution in [-0.2, 0) is 16.8 Å². The van der Waals surface area contributed by atoms with Crippen molar-refractivity contribution >= 4 is 10.2 Å². The fourth-order valence-electron chi connectivity index (χ4n) is 2.65. The lowest BCUT2D eigenvalue weighted by atomic mass is 9.90. The zero-order valence-corrected chi connectivity index (χ0v) is 13.6. The van der Waals surface area contributed by atoms with Gasteiger partial charge in [0.15, 0.2) is 0 Å². The first-order valence-electron chi connectivity index (χ1n) is 7.40. The normalized spacial score (nSPS) is 23.8. The van der Waals surface area contributed by atoms with Gasteiger partial charge in [-0.2, -0.15) is 17.0 Å². The van der Waals surface area contributed by atoms with Crippen molar-refractivity contribution in [3.63, 3.8) is 0 Å². The third-order valence-electron chi connectivity index (χ3n) is 4.22. The molecular formula is C15H25N3O2S. The van der Waals surface area contributed by atoms with Crippen LogP contribution in [0.4, 0.5) is 0 Å². The van der Waals surface area contributed by atoms with Crippen LogP contribution in [0, 0.1) is 5.41 Å². The molecule has 0 saturated carbocycles. The molecule has 118 valence electrons. The monoisotopic (exact) mass is 311 g/mol. The van der Waals surface area contributed by atoms with Gasteiger partial charge in [-0.05, 0) is 23.9 Å². The highest BCUT2D eigenvalue weighted by Crippen LogP contribution is 2.31. The number of hydrogen-bond acceptors (Lipinski definition) is 3. The van der Waals surface area contributed by atoms with Crippen molar-refractivity contribution in [2.75, 3.05) is 26.2 Å². The van der Waals surface area contributed by atoms with E-state index < -0.39 is 10.2 Å². The molecule has 1 aliphatic heterocycles. The summed E-state index contributed by atoms with van der Waals surface area (Å²) in [5.41, 5.74) is 6.68. The van der Waals surface area contributed by atoms with Crippen LogP contribution in [0.5, 0.6) is 0 Å². The Labute approximate surface area is 127 Å². The van der Waals surface area contributed by atoms with E-state index in [-0.39, 0.29) is 5.41 Å². The molecule has 0 amide bonds. The topological polar surface area (TPSA) is 66.6 Å². The molecule has 1 fully saturated rings. The van der Waals surface area contributed by atoms with Crippen molar-refractivity contribution in [1.29, 1.82) is 0 Å². The van der Waals surface area contributed by atoms with Crippen LogP contribution in [-0.4, -0.2) is 43.2 Å². The molecule has 1 aromatic rings. The molecule has 2 N–H and O–H groups in total. The van der Waals surface area contributed by atoms with Gasteiger partial charge in [0, 0.05) is 26.2 Å². The molecule has 2 rings (SSSR count). The third kappa shape index (κ3) is 3.63. The summed E-state index contributed by atoms with van der Waals surface area (Å²) in [4.78, 5) is 0. The Hall–Kier alpha value is -0.950. The summed E-state index contributed by atoms with van der Waals surface area (Å²) in [6.45, 7) is 6.39. The van der Waals surface area contributed by atoms with Crippen molar-refractivity contribution in [3.05, 3.63) is 35.9 Å². The van der Waals surface area contributed by atoms with Crippen molar-refractivity contribution in [2.24, 2.45) is 11.1 Å². The number of hydrogen-bond donors (Lipinski definition) is 1. The van der Waals surface area contributed by atoms with Crippen LogP contribution < -0.4 is 5.73 Å². The van der Waals surface area contributed by atoms with Gasteiger partial charge in [0.25, 0.3) is 10.2 Å². The van der Waals surface area contributed by atoms with Gasteiger partial charge in [-0.15, -0.1) is 0 Å². The standard InChI is InChI=1S/C15H25N3O2S/c1-3-17(11-14-7-5-4-6-8-14)21(19,20)18-10-9-15(2,12-16)13-18/h4-8H,3,9-13,16H2,1-2H3. The lowest BCUT2D eigenvalue weighted by Gasteiger charge is -2.28. The zero-order chi connectivity index (χ0) is 15.5. The molecule has 1 saturated heterocycles. The van der Waals surface area contributed by atoms with Crippen molar-refractivity contribution in [1.82, 2.24) is 8.61 Å². The largest absolute Gasteiger partial charge is 0.330 e. The van der Waals surface area contributed by atoms with E-state index in [1.165, 1.54) is 4.31 Å². The average molecular weight is 311 g/mol. The van der Waals surface area contributed by atoms with Gasteiger partial charge in [-0.1, -0.05) is 44.2 Å². The van der Waals surface area contributed by atoms with E-state index in [1.807, 2.05) is 37.3 Å². The smallest absolute Gasteiger partial charge is 0.282 e. The van der Waals surface area contributed by atoms with Crippen molar-refractivity contribution < 1.29 is 8.42 Å². The van der Waals surface area contributed by atoms with Gasteiger partial charge in [-0.25, -0.2) is 0 Å². The first-order chi connectivity index (χ1) is 9.91. The average Bonchev–Trinajstić information content (AvgIpc) is 2.90. The molecule has 0 radical (unpaired) electrons. The maximum atomic E-state index is 12.8. The van der Waals surface area contributed by atoms with E-state index in [9.17, 15) is 8.42 Å². The highest BCUT2D eigenvalue weighted by Gasteiger charge is 2.40. The Morgan fingerprint density at radius 1 is 1.33 bits per heavy atom. The first kappa shape index (κ1) is 16.4. The quantitative estimate of drug-likeness (QED) is 0.864. The fourth-order valence-corrected chi connectivity index (χ4v) is 4.41. The molecule has 21 heavy (non-hydrogen) atoms. The van der Waals surface area contributed by atoms with Crippen LogP contribution in [0.1, 0.15) is 25.8 Å². The second kappa shape index (κ2) is 6.44. The van der Waals surface area contributed by atoms with Gasteiger partial charge in [0.1, 0.15) is 0 Å². The van der Waals surface area contributed by atoms with Crippen LogP contribution >= 0.6 is 0 Å². The van der Waals surface area contributed by atoms with E-state index in [2.05, 4.69) is 6.92 Å². The SMILES string of the molecule is CCN(Cc1ccccc1)S(=O)(=O)N1CCC(C)(CN)C1. The predicted molar refractivity (Wildman–Crippen MR) is 84.8 cm³/mol. The summed E-state index contributed by atoms with van der Waals surface area (Å²) in [5, 5.41) is 0. The predicted octanol–water partition coefficient (Wildman–Crippen LogP) is 1.42. The third-order valence-corrected chi connectivity index (χ3v) is 6.23. The van der Waals surface area contributed by atoms with Crippen LogP contribution in [0.25, 0.3) is 0 Å². The van der Waals surface area contributed by atoms with Gasteiger partial charge in [-0.3, -0.25) is 0 Å². The van der Waals surface area contributed by atoms with Gasteiger partial charge in [0.05, 0.1) is 0 Å². The zero-order valence-electron chi connectivity index (χ0n) is 12.8. The van der Waals surface area contributed by atoms with E-state index in [4.69, 9.17) is 5.73 Å². The van der Waals surface area contributed by atoms with Crippen molar-refractivity contribution in [3.8, 4) is 0 Å². The molecule has 0 aliphatic carbocycles. The molecule has 1 aliphatic rings. The molecule has 1 aromatic carbocycles. The molecule has 5 nitrogen and oxygen atoms in total. The Bertz CT molecular complexity index is 562. The van der Waals surface area contributed by atoms with E-state index in [1.54, 1.807) is 4.31 Å². The minimum Gasteiger partial charge on any atom is -0.330 e. The highest BCUT2D eigenvalue weighted by atomic mass is 32.2. The second-order valence-electron chi connectivity index (χ2n) is 6.02. The number of nitrogens with zero attached hydrogens (tertiary/aromatic N) is 2. The fraction of sp³-hybridized carbons (Fsp3) is 0.600. The summed E-state index contributed by atoms with van der Waals surface area (Å²) in [7, 11) is -3.42. The Kier molecular flexibility index (Phi) is 5.03. The highest BCUT2D eigenvalue weighted by molar-refractivity contribution is 7.86. The molecular weight excluding hydrogens is 286 g/mol. The Balaban J connectivity index is 2.13. The number of rotatable bonds is 6. The molecule has 0 spiro atoms. The van der Waals surface area contributed by atoms with Crippen LogP contribution in [0.2, 0.25) is 0 Å². The van der Waals surface area contributed by atoms with Crippen LogP contribution in [0.15, 0.2) is 30.3 Å². The van der Waals surface area contributed by atoms with Gasteiger partial charge < -0.3 is 5.73 Å². The van der Waals surface area contributed by atoms with E-state index in [0.29, 0.717) is 32.7 Å². The summed E-state index contributed by atoms with van der Waals surface area (Å²) >= 11 is 0. The summed E-state index contributed by atoms with van der Waals surface area (Å²) in [5.74, 6) is 0. The molecule has 0 bridgehead atoms. The molecule has 1 unspecified atom stereocenters. The second-order valence-corrected chi connectivity index (χ2v) is 7.95. The van der Waals surface area contributed by atoms with Gasteiger partial charge >= 0.3 is 0 Å². The maximum absolute atomic E-state index is 12.8. The van der Waals surface area contributed by atoms with Crippen LogP contribution in [0.3, 0.4) is 0 Å². The maximum Gasteiger partial charge on any atom is 0.282 e. The van der Waals surface area contributed by atoms with Gasteiger partial charge in [0.2, 0.25) is 0 Å². The van der Waals surface area contributed by atoms with E-state index >= 15 is 0 Å². The summed E-state index contributed by atoms with van der Waals surface area (Å²) in [6, 6.07) is 9.69. The Morgan fingerprint density at radius 2 is 2.00 bits per heavy atom. The summed E-state index contributed by atoms with van der Waals surface area (Å²) < 4.78 is 28.7. The first-order valence-corrected chi connectivity index (χ1v) is 8.80. The minimum absolute atomic E-state index is 0.0980. The minimum atomic E-state index is -3.42.